The van der Waals surface area contributed by atoms with Gasteiger partial charge in [-0.3, -0.25) is 0 Å². The number of nitrogens with zero attached hydrogens (tertiary/aromatic N) is 2. The average molecular weight is 294 g/mol. The summed E-state index contributed by atoms with van der Waals surface area (Å²) in [5.41, 5.74) is 0. The van der Waals surface area contributed by atoms with Gasteiger partial charge in [0.1, 0.15) is 9.68 Å². The molecule has 0 fully saturated rings. The monoisotopic (exact) mass is 292 g/mol. The molecule has 0 bridgehead atoms. The second-order valence-electron chi connectivity index (χ2n) is 3.38. The molecular formula is C5H15Cl3N2Si3. The van der Waals surface area contributed by atoms with E-state index in [-0.39, 0.29) is 0 Å². The molecule has 2 radical (unpaired) electrons. The van der Waals surface area contributed by atoms with Crippen molar-refractivity contribution in [3.8, 4) is 0 Å². The quantitative estimate of drug-likeness (QED) is 0.447. The van der Waals surface area contributed by atoms with Crippen molar-refractivity contribution in [2.45, 2.75) is 26.2 Å². The minimum Gasteiger partial charge on any atom is -0.326 e. The lowest BCUT2D eigenvalue weighted by Crippen LogP contribution is -2.62. The van der Waals surface area contributed by atoms with Crippen molar-refractivity contribution in [1.29, 1.82) is 0 Å². The number of rotatable bonds is 4. The largest absolute Gasteiger partial charge is 0.326 e. The lowest BCUT2D eigenvalue weighted by atomic mass is 11.6. The van der Waals surface area contributed by atoms with E-state index in [2.05, 4.69) is 10.8 Å². The Hall–Kier alpha value is 1.44. The molecule has 0 amide bonds. The summed E-state index contributed by atoms with van der Waals surface area (Å²) in [4.78, 5) is 0. The molecule has 0 heterocycles. The van der Waals surface area contributed by atoms with Crippen LogP contribution in [0.1, 0.15) is 0 Å². The Kier molecular flexibility index (Phi) is 5.53. The fourth-order valence-electron chi connectivity index (χ4n) is 0.821. The number of hydrogen-bond donors (Lipinski definition) is 0. The van der Waals surface area contributed by atoms with Crippen LogP contribution >= 0.6 is 33.9 Å². The fraction of sp³-hybridized carbons (Fsp3) is 1.00. The summed E-state index contributed by atoms with van der Waals surface area (Å²) in [6, 6.07) is 0. The first kappa shape index (κ1) is 14.4. The third-order valence-corrected chi connectivity index (χ3v) is 16.1. The summed E-state index contributed by atoms with van der Waals surface area (Å²) in [5, 5.41) is 0. The molecule has 2 nitrogen and oxygen atoms in total. The van der Waals surface area contributed by atoms with Crippen LogP contribution in [-0.4, -0.2) is 40.0 Å². The van der Waals surface area contributed by atoms with Gasteiger partial charge in [0.15, 0.2) is 0 Å². The minimum atomic E-state index is -2.20. The SMILES string of the molecule is C[Si]N(C)[Si](C)(Cl)N(Cl)[Si](C)(C)Cl. The van der Waals surface area contributed by atoms with Gasteiger partial charge in [-0.25, -0.2) is 3.75 Å². The number of hydrogen-bond acceptors (Lipinski definition) is 2. The third kappa shape index (κ3) is 3.83. The maximum Gasteiger partial charge on any atom is 0.305 e. The van der Waals surface area contributed by atoms with E-state index in [1.165, 1.54) is 0 Å². The van der Waals surface area contributed by atoms with E-state index < -0.39 is 15.3 Å². The van der Waals surface area contributed by atoms with Gasteiger partial charge in [0.2, 0.25) is 7.55 Å². The Bertz CT molecular complexity index is 173. The summed E-state index contributed by atoms with van der Waals surface area (Å²) >= 11 is 18.8. The maximum absolute atomic E-state index is 6.44. The second-order valence-corrected chi connectivity index (χ2v) is 17.4. The molecule has 0 aromatic carbocycles. The molecule has 1 atom stereocenters. The van der Waals surface area contributed by atoms with E-state index in [0.717, 1.165) is 0 Å². The molecule has 0 aliphatic carbocycles. The molecule has 13 heavy (non-hydrogen) atoms. The van der Waals surface area contributed by atoms with E-state index in [1.807, 2.05) is 26.7 Å². The summed E-state index contributed by atoms with van der Waals surface area (Å²) in [6.07, 6.45) is 0. The van der Waals surface area contributed by atoms with Gasteiger partial charge in [-0.05, 0) is 38.5 Å². The molecule has 1 unspecified atom stereocenters. The molecule has 0 rings (SSSR count). The minimum absolute atomic E-state index is 0.655. The van der Waals surface area contributed by atoms with E-state index in [0.29, 0.717) is 9.68 Å². The van der Waals surface area contributed by atoms with Crippen molar-refractivity contribution in [1.82, 2.24) is 7.98 Å². The molecule has 0 aromatic heterocycles. The van der Waals surface area contributed by atoms with Crippen LogP contribution < -0.4 is 0 Å². The van der Waals surface area contributed by atoms with Gasteiger partial charge in [-0.1, -0.05) is 6.55 Å². The van der Waals surface area contributed by atoms with Crippen LogP contribution in [0.5, 0.6) is 0 Å². The molecule has 0 N–H and O–H groups in total. The Labute approximate surface area is 99.8 Å². The molecule has 78 valence electrons. The van der Waals surface area contributed by atoms with E-state index in [4.69, 9.17) is 33.9 Å². The zero-order valence-electron chi connectivity index (χ0n) is 8.53. The van der Waals surface area contributed by atoms with Crippen molar-refractivity contribution in [2.24, 2.45) is 0 Å². The Morgan fingerprint density at radius 2 is 1.54 bits per heavy atom. The summed E-state index contributed by atoms with van der Waals surface area (Å²) in [5.74, 6) is 0. The lowest BCUT2D eigenvalue weighted by Gasteiger charge is -2.40. The van der Waals surface area contributed by atoms with Crippen LogP contribution in [0.25, 0.3) is 0 Å². The van der Waals surface area contributed by atoms with Crippen LogP contribution in [0.4, 0.5) is 0 Å². The number of halogens is 3. The highest BCUT2D eigenvalue weighted by Crippen LogP contribution is 2.29. The topological polar surface area (TPSA) is 6.48 Å². The zero-order chi connectivity index (χ0) is 10.9. The van der Waals surface area contributed by atoms with Crippen molar-refractivity contribution in [2.75, 3.05) is 7.05 Å². The van der Waals surface area contributed by atoms with Crippen molar-refractivity contribution in [3.63, 3.8) is 0 Å². The molecule has 0 aliphatic heterocycles. The molecular weight excluding hydrogens is 279 g/mol. The molecule has 0 saturated carbocycles. The van der Waals surface area contributed by atoms with Crippen LogP contribution in [0.15, 0.2) is 0 Å². The molecule has 0 aromatic rings. The van der Waals surface area contributed by atoms with Crippen LogP contribution in [0.3, 0.4) is 0 Å². The highest BCUT2D eigenvalue weighted by Gasteiger charge is 2.44. The van der Waals surface area contributed by atoms with Gasteiger partial charge in [-0.2, -0.15) is 0 Å². The van der Waals surface area contributed by atoms with Crippen LogP contribution in [0.2, 0.25) is 26.2 Å². The first-order valence-electron chi connectivity index (χ1n) is 3.89. The van der Waals surface area contributed by atoms with E-state index in [1.54, 1.807) is 3.75 Å². The average Bonchev–Trinajstić information content (AvgIpc) is 1.99. The Morgan fingerprint density at radius 1 is 1.15 bits per heavy atom. The molecule has 8 heteroatoms. The van der Waals surface area contributed by atoms with E-state index >= 15 is 0 Å². The lowest BCUT2D eigenvalue weighted by molar-refractivity contribution is 0.749. The molecule has 0 saturated heterocycles. The summed E-state index contributed by atoms with van der Waals surface area (Å²) < 4.78 is 3.80. The van der Waals surface area contributed by atoms with Crippen molar-refractivity contribution in [3.05, 3.63) is 0 Å². The summed E-state index contributed by atoms with van der Waals surface area (Å²) in [6.45, 7) is 8.03. The normalized spacial score (nSPS) is 18.0. The van der Waals surface area contributed by atoms with Gasteiger partial charge in [0, 0.05) is 0 Å². The molecule has 0 spiro atoms. The highest BCUT2D eigenvalue weighted by atomic mass is 35.6. The maximum atomic E-state index is 6.44. The van der Waals surface area contributed by atoms with E-state index in [9.17, 15) is 0 Å². The first-order chi connectivity index (χ1) is 5.64. The fourth-order valence-corrected chi connectivity index (χ4v) is 12.7. The van der Waals surface area contributed by atoms with Crippen LogP contribution in [0, 0.1) is 0 Å². The van der Waals surface area contributed by atoms with Gasteiger partial charge in [0.25, 0.3) is 0 Å². The van der Waals surface area contributed by atoms with Crippen molar-refractivity contribution >= 4 is 58.9 Å². The predicted octanol–water partition coefficient (Wildman–Crippen LogP) is 2.79. The molecule has 0 aliphatic rings. The first-order valence-corrected chi connectivity index (χ1v) is 13.0. The van der Waals surface area contributed by atoms with Gasteiger partial charge in [0.05, 0.1) is 0 Å². The third-order valence-electron chi connectivity index (χ3n) is 1.77. The van der Waals surface area contributed by atoms with Crippen molar-refractivity contribution < 1.29 is 0 Å². The standard InChI is InChI=1S/C5H15Cl3N2Si3/c1-9(11-2)13(5,8)10(6)12(3,4)7/h1-5H3. The predicted molar refractivity (Wildman–Crippen MR) is 67.9 cm³/mol. The second kappa shape index (κ2) is 4.98. The Balaban J connectivity index is 4.63. The smallest absolute Gasteiger partial charge is 0.305 e. The van der Waals surface area contributed by atoms with Crippen LogP contribution in [-0.2, 0) is 0 Å². The van der Waals surface area contributed by atoms with Gasteiger partial charge in [-0.15, -0.1) is 22.2 Å². The Morgan fingerprint density at radius 3 is 1.77 bits per heavy atom. The van der Waals surface area contributed by atoms with Gasteiger partial charge >= 0.3 is 7.71 Å². The highest BCUT2D eigenvalue weighted by molar-refractivity contribution is 7.31. The zero-order valence-corrected chi connectivity index (χ0v) is 13.8. The summed E-state index contributed by atoms with van der Waals surface area (Å²) in [7, 11) is -1.57. The van der Waals surface area contributed by atoms with Gasteiger partial charge < -0.3 is 4.23 Å².